The van der Waals surface area contributed by atoms with E-state index in [4.69, 9.17) is 19.2 Å². The first kappa shape index (κ1) is 22.1. The first-order valence-electron chi connectivity index (χ1n) is 11.5. The third-order valence-electron chi connectivity index (χ3n) is 6.23. The van der Waals surface area contributed by atoms with Gasteiger partial charge in [0.15, 0.2) is 16.6 Å². The lowest BCUT2D eigenvalue weighted by Gasteiger charge is -2.31. The number of benzene rings is 2. The molecule has 2 aliphatic heterocycles. The van der Waals surface area contributed by atoms with Crippen LogP contribution >= 0.6 is 11.3 Å². The molecule has 2 aromatic carbocycles. The number of carbonyl (C=O) groups excluding carboxylic acids is 1. The Morgan fingerprint density at radius 1 is 1.15 bits per heavy atom. The maximum Gasteiger partial charge on any atom is 0.273 e. The van der Waals surface area contributed by atoms with E-state index in [0.717, 1.165) is 49.5 Å². The number of aromatic nitrogens is 1. The molecule has 0 saturated carbocycles. The molecule has 0 radical (unpaired) electrons. The van der Waals surface area contributed by atoms with Gasteiger partial charge in [-0.15, -0.1) is 0 Å². The number of para-hydroxylation sites is 2. The zero-order chi connectivity index (χ0) is 22.8. The molecule has 1 amide bonds. The topological polar surface area (TPSA) is 64.1 Å². The van der Waals surface area contributed by atoms with Gasteiger partial charge in [0.1, 0.15) is 6.61 Å². The van der Waals surface area contributed by atoms with Crippen molar-refractivity contribution in [3.63, 3.8) is 0 Å². The lowest BCUT2D eigenvalue weighted by Crippen LogP contribution is -2.47. The Morgan fingerprint density at radius 2 is 1.91 bits per heavy atom. The van der Waals surface area contributed by atoms with Gasteiger partial charge in [0, 0.05) is 26.2 Å². The minimum Gasteiger partial charge on any atom is -0.485 e. The van der Waals surface area contributed by atoms with Gasteiger partial charge in [-0.1, -0.05) is 23.5 Å². The second-order valence-electron chi connectivity index (χ2n) is 8.56. The average Bonchev–Trinajstić information content (AvgIpc) is 3.24. The van der Waals surface area contributed by atoms with Crippen LogP contribution in [0.25, 0.3) is 10.2 Å². The molecule has 5 rings (SSSR count). The van der Waals surface area contributed by atoms with Crippen LogP contribution in [0.5, 0.6) is 11.5 Å². The van der Waals surface area contributed by atoms with Gasteiger partial charge >= 0.3 is 0 Å². The highest BCUT2D eigenvalue weighted by Crippen LogP contribution is 2.34. The SMILES string of the molecule is Cc1cc2nc(N(CCCN3CCOCC3)C(=O)[C@@H]3COc4ccccc4O3)sc2cc1C. The Bertz CT molecular complexity index is 1100. The third kappa shape index (κ3) is 4.83. The van der Waals surface area contributed by atoms with Gasteiger partial charge < -0.3 is 14.2 Å². The van der Waals surface area contributed by atoms with Gasteiger partial charge in [-0.25, -0.2) is 4.98 Å². The smallest absolute Gasteiger partial charge is 0.273 e. The van der Waals surface area contributed by atoms with Crippen molar-refractivity contribution >= 4 is 32.6 Å². The zero-order valence-electron chi connectivity index (χ0n) is 19.1. The summed E-state index contributed by atoms with van der Waals surface area (Å²) in [4.78, 5) is 22.7. The fourth-order valence-corrected chi connectivity index (χ4v) is 5.25. The number of thiazole rings is 1. The minimum absolute atomic E-state index is 0.112. The molecule has 7 nitrogen and oxygen atoms in total. The normalized spacial score (nSPS) is 18.4. The number of hydrogen-bond acceptors (Lipinski definition) is 7. The molecule has 2 aliphatic rings. The summed E-state index contributed by atoms with van der Waals surface area (Å²) in [7, 11) is 0. The lowest BCUT2D eigenvalue weighted by atomic mass is 10.1. The predicted molar refractivity (Wildman–Crippen MR) is 130 cm³/mol. The summed E-state index contributed by atoms with van der Waals surface area (Å²) in [5.41, 5.74) is 3.35. The van der Waals surface area contributed by atoms with E-state index in [1.807, 2.05) is 24.3 Å². The Hall–Kier alpha value is -2.68. The quantitative estimate of drug-likeness (QED) is 0.549. The molecular formula is C25H29N3O4S. The average molecular weight is 468 g/mol. The largest absolute Gasteiger partial charge is 0.485 e. The first-order chi connectivity index (χ1) is 16.1. The molecule has 33 heavy (non-hydrogen) atoms. The van der Waals surface area contributed by atoms with Crippen molar-refractivity contribution in [3.05, 3.63) is 47.5 Å². The van der Waals surface area contributed by atoms with Crippen molar-refractivity contribution in [1.29, 1.82) is 0 Å². The van der Waals surface area contributed by atoms with E-state index >= 15 is 0 Å². The number of carbonyl (C=O) groups is 1. The van der Waals surface area contributed by atoms with Crippen LogP contribution in [0, 0.1) is 13.8 Å². The minimum atomic E-state index is -0.696. The standard InChI is InChI=1S/C25H29N3O4S/c1-17-14-19-23(15-18(17)2)33-25(26-19)28(9-5-8-27-10-12-30-13-11-27)24(29)22-16-31-20-6-3-4-7-21(20)32-22/h3-4,6-7,14-15,22H,5,8-13,16H2,1-2H3/t22-/m0/s1. The van der Waals surface area contributed by atoms with Crippen molar-refractivity contribution in [1.82, 2.24) is 9.88 Å². The maximum atomic E-state index is 13.7. The second-order valence-corrected chi connectivity index (χ2v) is 9.57. The summed E-state index contributed by atoms with van der Waals surface area (Å²) in [6.07, 6.45) is 0.155. The number of ether oxygens (including phenoxy) is 3. The van der Waals surface area contributed by atoms with E-state index in [9.17, 15) is 4.79 Å². The van der Waals surface area contributed by atoms with Crippen LogP contribution in [0.1, 0.15) is 17.5 Å². The summed E-state index contributed by atoms with van der Waals surface area (Å²) in [5.74, 6) is 1.16. The van der Waals surface area contributed by atoms with E-state index in [-0.39, 0.29) is 12.5 Å². The number of fused-ring (bicyclic) bond motifs is 2. The van der Waals surface area contributed by atoms with Crippen LogP contribution in [0.2, 0.25) is 0 Å². The van der Waals surface area contributed by atoms with Gasteiger partial charge in [0.2, 0.25) is 6.10 Å². The number of hydrogen-bond donors (Lipinski definition) is 0. The van der Waals surface area contributed by atoms with Crippen molar-refractivity contribution in [2.24, 2.45) is 0 Å². The molecule has 0 aliphatic carbocycles. The Labute approximate surface area is 197 Å². The summed E-state index contributed by atoms with van der Waals surface area (Å²) >= 11 is 1.56. The molecule has 174 valence electrons. The van der Waals surface area contributed by atoms with Crippen molar-refractivity contribution in [2.75, 3.05) is 50.9 Å². The molecule has 0 unspecified atom stereocenters. The monoisotopic (exact) mass is 467 g/mol. The van der Waals surface area contributed by atoms with E-state index < -0.39 is 6.10 Å². The third-order valence-corrected chi connectivity index (χ3v) is 7.27. The number of rotatable bonds is 6. The molecule has 1 aromatic heterocycles. The number of nitrogens with zero attached hydrogens (tertiary/aromatic N) is 3. The molecule has 0 spiro atoms. The molecule has 1 fully saturated rings. The summed E-state index contributed by atoms with van der Waals surface area (Å²) < 4.78 is 18.4. The Balaban J connectivity index is 1.38. The second kappa shape index (κ2) is 9.67. The molecule has 0 N–H and O–H groups in total. The van der Waals surface area contributed by atoms with E-state index in [1.54, 1.807) is 16.2 Å². The predicted octanol–water partition coefficient (Wildman–Crippen LogP) is 3.81. The fourth-order valence-electron chi connectivity index (χ4n) is 4.18. The molecule has 1 saturated heterocycles. The van der Waals surface area contributed by atoms with E-state index in [1.165, 1.54) is 11.1 Å². The fraction of sp³-hybridized carbons (Fsp3) is 0.440. The van der Waals surface area contributed by atoms with Gasteiger partial charge in [0.05, 0.1) is 23.4 Å². The maximum absolute atomic E-state index is 13.7. The molecule has 1 atom stereocenters. The van der Waals surface area contributed by atoms with Crippen LogP contribution in [0.15, 0.2) is 36.4 Å². The molecule has 3 aromatic rings. The van der Waals surface area contributed by atoms with Crippen LogP contribution in [0.3, 0.4) is 0 Å². The number of amides is 1. The molecule has 8 heteroatoms. The zero-order valence-corrected chi connectivity index (χ0v) is 19.9. The first-order valence-corrected chi connectivity index (χ1v) is 12.3. The van der Waals surface area contributed by atoms with Crippen molar-refractivity contribution in [2.45, 2.75) is 26.4 Å². The van der Waals surface area contributed by atoms with Crippen molar-refractivity contribution < 1.29 is 19.0 Å². The van der Waals surface area contributed by atoms with Crippen LogP contribution in [-0.4, -0.2) is 67.9 Å². The molecular weight excluding hydrogens is 438 g/mol. The number of anilines is 1. The van der Waals surface area contributed by atoms with Crippen LogP contribution in [0.4, 0.5) is 5.13 Å². The highest BCUT2D eigenvalue weighted by atomic mass is 32.1. The Morgan fingerprint density at radius 3 is 2.73 bits per heavy atom. The Kier molecular flexibility index (Phi) is 6.48. The highest BCUT2D eigenvalue weighted by molar-refractivity contribution is 7.22. The van der Waals surface area contributed by atoms with E-state index in [0.29, 0.717) is 23.2 Å². The number of morpholine rings is 1. The van der Waals surface area contributed by atoms with Gasteiger partial charge in [0.25, 0.3) is 5.91 Å². The van der Waals surface area contributed by atoms with Gasteiger partial charge in [-0.05, 0) is 55.7 Å². The molecule has 3 heterocycles. The summed E-state index contributed by atoms with van der Waals surface area (Å²) in [6.45, 7) is 9.29. The van der Waals surface area contributed by atoms with Crippen LogP contribution < -0.4 is 14.4 Å². The van der Waals surface area contributed by atoms with Gasteiger partial charge in [-0.3, -0.25) is 14.6 Å². The lowest BCUT2D eigenvalue weighted by molar-refractivity contribution is -0.127. The van der Waals surface area contributed by atoms with Gasteiger partial charge in [-0.2, -0.15) is 0 Å². The van der Waals surface area contributed by atoms with Crippen molar-refractivity contribution in [3.8, 4) is 11.5 Å². The number of aryl methyl sites for hydroxylation is 2. The van der Waals surface area contributed by atoms with E-state index in [2.05, 4.69) is 30.9 Å². The van der Waals surface area contributed by atoms with Crippen LogP contribution in [-0.2, 0) is 9.53 Å². The highest BCUT2D eigenvalue weighted by Gasteiger charge is 2.33. The molecule has 0 bridgehead atoms. The summed E-state index contributed by atoms with van der Waals surface area (Å²) in [6, 6.07) is 11.7. The summed E-state index contributed by atoms with van der Waals surface area (Å²) in [5, 5.41) is 0.712.